The van der Waals surface area contributed by atoms with Gasteiger partial charge in [0.1, 0.15) is 5.78 Å². The lowest BCUT2D eigenvalue weighted by Gasteiger charge is -2.33. The van der Waals surface area contributed by atoms with Gasteiger partial charge in [0.15, 0.2) is 11.5 Å². The highest BCUT2D eigenvalue weighted by molar-refractivity contribution is 5.86. The first-order valence-corrected chi connectivity index (χ1v) is 9.64. The van der Waals surface area contributed by atoms with Crippen LogP contribution in [0, 0.1) is 5.41 Å². The fourth-order valence-electron chi connectivity index (χ4n) is 4.58. The number of ketones is 1. The molecule has 1 aromatic carbocycles. The van der Waals surface area contributed by atoms with Crippen LogP contribution in [0.25, 0.3) is 0 Å². The minimum Gasteiger partial charge on any atom is -0.493 e. The van der Waals surface area contributed by atoms with Crippen molar-refractivity contribution in [2.24, 2.45) is 5.41 Å². The number of amides is 1. The van der Waals surface area contributed by atoms with Crippen LogP contribution in [0.5, 0.6) is 11.5 Å². The molecule has 27 heavy (non-hydrogen) atoms. The molecule has 1 saturated heterocycles. The SMILES string of the molecule is COc1ccc([C@@H]2CN(C(=O)O)[C@@H](C)C2(C)C(C)=O)cc1OC1CCCC1. The Labute approximate surface area is 160 Å². The fraction of sp³-hybridized carbons (Fsp3) is 0.619. The summed E-state index contributed by atoms with van der Waals surface area (Å²) in [5, 5.41) is 9.56. The lowest BCUT2D eigenvalue weighted by Crippen LogP contribution is -2.43. The first kappa shape index (κ1) is 19.5. The van der Waals surface area contributed by atoms with Crippen molar-refractivity contribution in [3.63, 3.8) is 0 Å². The van der Waals surface area contributed by atoms with Gasteiger partial charge in [-0.05, 0) is 57.2 Å². The number of benzene rings is 1. The van der Waals surface area contributed by atoms with Gasteiger partial charge in [0.25, 0.3) is 0 Å². The minimum atomic E-state index is -0.992. The van der Waals surface area contributed by atoms with Crippen molar-refractivity contribution in [1.29, 1.82) is 0 Å². The number of carbonyl (C=O) groups is 2. The zero-order chi connectivity index (χ0) is 19.8. The molecular formula is C21H29NO5. The quantitative estimate of drug-likeness (QED) is 0.839. The summed E-state index contributed by atoms with van der Waals surface area (Å²) in [5.41, 5.74) is 0.134. The third-order valence-corrected chi connectivity index (χ3v) is 6.63. The van der Waals surface area contributed by atoms with Crippen LogP contribution in [-0.2, 0) is 4.79 Å². The Balaban J connectivity index is 1.98. The highest BCUT2D eigenvalue weighted by Gasteiger charge is 2.54. The van der Waals surface area contributed by atoms with Crippen molar-refractivity contribution in [1.82, 2.24) is 4.90 Å². The molecule has 2 aliphatic rings. The molecule has 0 bridgehead atoms. The zero-order valence-corrected chi connectivity index (χ0v) is 16.5. The summed E-state index contributed by atoms with van der Waals surface area (Å²) in [6.07, 6.45) is 3.60. The topological polar surface area (TPSA) is 76.1 Å². The number of hydrogen-bond acceptors (Lipinski definition) is 4. The van der Waals surface area contributed by atoms with Crippen molar-refractivity contribution >= 4 is 11.9 Å². The molecule has 6 nitrogen and oxygen atoms in total. The van der Waals surface area contributed by atoms with Gasteiger partial charge in [-0.2, -0.15) is 0 Å². The van der Waals surface area contributed by atoms with E-state index in [0.717, 1.165) is 18.4 Å². The van der Waals surface area contributed by atoms with Gasteiger partial charge in [0, 0.05) is 18.5 Å². The van der Waals surface area contributed by atoms with Gasteiger partial charge in [-0.15, -0.1) is 0 Å². The molecule has 1 heterocycles. The molecule has 148 valence electrons. The van der Waals surface area contributed by atoms with Crippen LogP contribution in [0.4, 0.5) is 4.79 Å². The smallest absolute Gasteiger partial charge is 0.407 e. The molecule has 3 rings (SSSR count). The van der Waals surface area contributed by atoms with E-state index in [9.17, 15) is 14.7 Å². The van der Waals surface area contributed by atoms with Crippen molar-refractivity contribution in [2.75, 3.05) is 13.7 Å². The molecule has 0 radical (unpaired) electrons. The molecule has 1 amide bonds. The number of methoxy groups -OCH3 is 1. The lowest BCUT2D eigenvalue weighted by molar-refractivity contribution is -0.127. The number of carbonyl (C=O) groups excluding carboxylic acids is 1. The highest BCUT2D eigenvalue weighted by Crippen LogP contribution is 2.49. The summed E-state index contributed by atoms with van der Waals surface area (Å²) in [4.78, 5) is 25.6. The van der Waals surface area contributed by atoms with Crippen LogP contribution in [0.1, 0.15) is 57.9 Å². The van der Waals surface area contributed by atoms with Crippen molar-refractivity contribution < 1.29 is 24.2 Å². The summed E-state index contributed by atoms with van der Waals surface area (Å²) in [6, 6.07) is 5.32. The summed E-state index contributed by atoms with van der Waals surface area (Å²) in [5.74, 6) is 1.11. The maximum atomic E-state index is 12.5. The van der Waals surface area contributed by atoms with Crippen LogP contribution in [0.3, 0.4) is 0 Å². The summed E-state index contributed by atoms with van der Waals surface area (Å²) in [6.45, 7) is 5.53. The van der Waals surface area contributed by atoms with Crippen LogP contribution >= 0.6 is 0 Å². The van der Waals surface area contributed by atoms with Gasteiger partial charge in [0.2, 0.25) is 0 Å². The molecule has 0 spiro atoms. The van der Waals surface area contributed by atoms with E-state index in [4.69, 9.17) is 9.47 Å². The number of likely N-dealkylation sites (tertiary alicyclic amines) is 1. The van der Waals surface area contributed by atoms with Gasteiger partial charge in [-0.25, -0.2) is 4.79 Å². The second-order valence-corrected chi connectivity index (χ2v) is 7.94. The van der Waals surface area contributed by atoms with Crippen molar-refractivity contribution in [3.8, 4) is 11.5 Å². The molecule has 6 heteroatoms. The number of rotatable bonds is 5. The number of carboxylic acid groups (broad SMARTS) is 1. The minimum absolute atomic E-state index is 0.00201. The van der Waals surface area contributed by atoms with Gasteiger partial charge in [-0.3, -0.25) is 4.79 Å². The second kappa shape index (κ2) is 7.41. The molecule has 3 atom stereocenters. The molecule has 0 aromatic heterocycles. The Bertz CT molecular complexity index is 727. The maximum absolute atomic E-state index is 12.5. The normalized spacial score (nSPS) is 28.4. The molecule has 2 fully saturated rings. The molecule has 1 N–H and O–H groups in total. The lowest BCUT2D eigenvalue weighted by atomic mass is 9.69. The third kappa shape index (κ3) is 3.37. The maximum Gasteiger partial charge on any atom is 0.407 e. The zero-order valence-electron chi connectivity index (χ0n) is 16.5. The van der Waals surface area contributed by atoms with Crippen LogP contribution in [-0.4, -0.2) is 47.7 Å². The van der Waals surface area contributed by atoms with E-state index < -0.39 is 11.5 Å². The van der Waals surface area contributed by atoms with Crippen molar-refractivity contribution in [2.45, 2.75) is 64.5 Å². The Morgan fingerprint density at radius 2 is 1.89 bits per heavy atom. The van der Waals surface area contributed by atoms with Gasteiger partial charge in [-0.1, -0.05) is 13.0 Å². The fourth-order valence-corrected chi connectivity index (χ4v) is 4.58. The largest absolute Gasteiger partial charge is 0.493 e. The Hall–Kier alpha value is -2.24. The number of hydrogen-bond donors (Lipinski definition) is 1. The van der Waals surface area contributed by atoms with Gasteiger partial charge in [0.05, 0.1) is 18.6 Å². The van der Waals surface area contributed by atoms with E-state index >= 15 is 0 Å². The second-order valence-electron chi connectivity index (χ2n) is 7.94. The average molecular weight is 375 g/mol. The van der Waals surface area contributed by atoms with E-state index in [2.05, 4.69) is 0 Å². The summed E-state index contributed by atoms with van der Waals surface area (Å²) >= 11 is 0. The Morgan fingerprint density at radius 3 is 2.44 bits per heavy atom. The highest BCUT2D eigenvalue weighted by atomic mass is 16.5. The molecular weight excluding hydrogens is 346 g/mol. The van der Waals surface area contributed by atoms with Crippen LogP contribution < -0.4 is 9.47 Å². The molecule has 1 aliphatic heterocycles. The van der Waals surface area contributed by atoms with Crippen molar-refractivity contribution in [3.05, 3.63) is 23.8 Å². The Morgan fingerprint density at radius 1 is 1.22 bits per heavy atom. The third-order valence-electron chi connectivity index (χ3n) is 6.63. The predicted molar refractivity (Wildman–Crippen MR) is 102 cm³/mol. The van der Waals surface area contributed by atoms with Crippen LogP contribution in [0.2, 0.25) is 0 Å². The van der Waals surface area contributed by atoms with E-state index in [0.29, 0.717) is 18.0 Å². The van der Waals surface area contributed by atoms with E-state index in [-0.39, 0.29) is 23.8 Å². The monoisotopic (exact) mass is 375 g/mol. The molecule has 1 aliphatic carbocycles. The number of nitrogens with zero attached hydrogens (tertiary/aromatic N) is 1. The van der Waals surface area contributed by atoms with E-state index in [1.54, 1.807) is 14.0 Å². The van der Waals surface area contributed by atoms with Gasteiger partial charge >= 0.3 is 6.09 Å². The molecule has 1 unspecified atom stereocenters. The van der Waals surface area contributed by atoms with Gasteiger partial charge < -0.3 is 19.5 Å². The molecule has 1 saturated carbocycles. The first-order valence-electron chi connectivity index (χ1n) is 9.64. The number of ether oxygens (including phenoxy) is 2. The molecule has 1 aromatic rings. The summed E-state index contributed by atoms with van der Waals surface area (Å²) < 4.78 is 11.6. The Kier molecular flexibility index (Phi) is 5.36. The number of Topliss-reactive ketones (excluding diaryl/α,β-unsaturated/α-hetero) is 1. The standard InChI is InChI=1S/C21H29NO5/c1-13-21(3,14(2)23)17(12-22(13)20(24)25)15-9-10-18(26-4)19(11-15)27-16-7-5-6-8-16/h9-11,13,16-17H,5-8,12H2,1-4H3,(H,24,25)/t13-,17-,21?/m0/s1. The first-order chi connectivity index (χ1) is 12.8. The summed E-state index contributed by atoms with van der Waals surface area (Å²) in [7, 11) is 1.61. The van der Waals surface area contributed by atoms with E-state index in [1.165, 1.54) is 17.7 Å². The van der Waals surface area contributed by atoms with Crippen LogP contribution in [0.15, 0.2) is 18.2 Å². The predicted octanol–water partition coefficient (Wildman–Crippen LogP) is 4.08. The average Bonchev–Trinajstić information content (AvgIpc) is 3.23. The van der Waals surface area contributed by atoms with E-state index in [1.807, 2.05) is 32.0 Å².